The van der Waals surface area contributed by atoms with Gasteiger partial charge in [-0.15, -0.1) is 0 Å². The minimum atomic E-state index is -0.455. The van der Waals surface area contributed by atoms with Gasteiger partial charge >= 0.3 is 6.09 Å². The van der Waals surface area contributed by atoms with Crippen LogP contribution < -0.4 is 0 Å². The van der Waals surface area contributed by atoms with E-state index in [2.05, 4.69) is 0 Å². The molecule has 0 bridgehead atoms. The molecular formula is C12H23NO3. The molecule has 1 fully saturated rings. The highest BCUT2D eigenvalue weighted by Gasteiger charge is 2.31. The molecule has 94 valence electrons. The van der Waals surface area contributed by atoms with E-state index in [9.17, 15) is 4.79 Å². The lowest BCUT2D eigenvalue weighted by atomic mass is 9.94. The first kappa shape index (κ1) is 13.3. The Balaban J connectivity index is 2.59. The van der Waals surface area contributed by atoms with Gasteiger partial charge in [-0.25, -0.2) is 4.79 Å². The number of hydrogen-bond donors (Lipinski definition) is 1. The minimum Gasteiger partial charge on any atom is -0.444 e. The molecule has 0 spiro atoms. The van der Waals surface area contributed by atoms with Crippen molar-refractivity contribution < 1.29 is 14.6 Å². The van der Waals surface area contributed by atoms with Crippen molar-refractivity contribution in [1.82, 2.24) is 4.90 Å². The predicted molar refractivity (Wildman–Crippen MR) is 62.2 cm³/mol. The molecule has 1 rings (SSSR count). The zero-order valence-electron chi connectivity index (χ0n) is 10.7. The largest absolute Gasteiger partial charge is 0.444 e. The van der Waals surface area contributed by atoms with Crippen molar-refractivity contribution in [2.45, 2.75) is 52.2 Å². The van der Waals surface area contributed by atoms with Gasteiger partial charge in [0.2, 0.25) is 0 Å². The van der Waals surface area contributed by atoms with Crippen molar-refractivity contribution in [2.24, 2.45) is 5.92 Å². The number of likely N-dealkylation sites (tertiary alicyclic amines) is 1. The van der Waals surface area contributed by atoms with Gasteiger partial charge in [0.15, 0.2) is 0 Å². The van der Waals surface area contributed by atoms with E-state index in [1.807, 2.05) is 27.7 Å². The normalized spacial score (nSPS) is 26.7. The average Bonchev–Trinajstić information content (AvgIpc) is 2.15. The Morgan fingerprint density at radius 1 is 1.44 bits per heavy atom. The summed E-state index contributed by atoms with van der Waals surface area (Å²) in [6, 6.07) is 0.206. The van der Waals surface area contributed by atoms with Crippen LogP contribution in [0.2, 0.25) is 0 Å². The lowest BCUT2D eigenvalue weighted by Gasteiger charge is -2.38. The first-order valence-corrected chi connectivity index (χ1v) is 5.94. The first-order chi connectivity index (χ1) is 7.33. The van der Waals surface area contributed by atoms with Crippen molar-refractivity contribution in [1.29, 1.82) is 0 Å². The summed E-state index contributed by atoms with van der Waals surface area (Å²) in [6.07, 6.45) is 1.65. The summed E-state index contributed by atoms with van der Waals surface area (Å²) in [6.45, 7) is 8.37. The van der Waals surface area contributed by atoms with Gasteiger partial charge in [0, 0.05) is 19.2 Å². The van der Waals surface area contributed by atoms with E-state index in [-0.39, 0.29) is 24.7 Å². The summed E-state index contributed by atoms with van der Waals surface area (Å²) >= 11 is 0. The van der Waals surface area contributed by atoms with Gasteiger partial charge in [0.05, 0.1) is 0 Å². The maximum absolute atomic E-state index is 11.9. The monoisotopic (exact) mass is 229 g/mol. The number of ether oxygens (including phenoxy) is 1. The third-order valence-electron chi connectivity index (χ3n) is 2.87. The maximum Gasteiger partial charge on any atom is 0.410 e. The SMILES string of the molecule is C[C@@H]1CC[C@H](CO)CN1C(=O)OC(C)(C)C. The highest BCUT2D eigenvalue weighted by atomic mass is 16.6. The molecule has 1 amide bonds. The molecular weight excluding hydrogens is 206 g/mol. The Morgan fingerprint density at radius 3 is 2.56 bits per heavy atom. The predicted octanol–water partition coefficient (Wildman–Crippen LogP) is 2.01. The molecule has 0 aromatic heterocycles. The zero-order valence-corrected chi connectivity index (χ0v) is 10.7. The Labute approximate surface area is 97.6 Å². The van der Waals surface area contributed by atoms with E-state index < -0.39 is 5.60 Å². The van der Waals surface area contributed by atoms with Crippen molar-refractivity contribution >= 4 is 6.09 Å². The second-order valence-electron chi connectivity index (χ2n) is 5.61. The summed E-state index contributed by atoms with van der Waals surface area (Å²) in [5.74, 6) is 0.198. The lowest BCUT2D eigenvalue weighted by molar-refractivity contribution is 0.00115. The Morgan fingerprint density at radius 2 is 2.06 bits per heavy atom. The van der Waals surface area contributed by atoms with Gasteiger partial charge in [0.25, 0.3) is 0 Å². The third kappa shape index (κ3) is 3.67. The van der Waals surface area contributed by atoms with E-state index in [0.29, 0.717) is 6.54 Å². The van der Waals surface area contributed by atoms with Crippen LogP contribution in [0.3, 0.4) is 0 Å². The standard InChI is InChI=1S/C12H23NO3/c1-9-5-6-10(8-14)7-13(9)11(15)16-12(2,3)4/h9-10,14H,5-8H2,1-4H3/t9-,10+/m1/s1. The van der Waals surface area contributed by atoms with E-state index in [1.165, 1.54) is 0 Å². The van der Waals surface area contributed by atoms with Gasteiger partial charge in [0.1, 0.15) is 5.60 Å². The Bertz CT molecular complexity index is 247. The summed E-state index contributed by atoms with van der Waals surface area (Å²) in [4.78, 5) is 13.6. The van der Waals surface area contributed by atoms with Crippen LogP contribution in [0.15, 0.2) is 0 Å². The molecule has 0 aromatic rings. The fraction of sp³-hybridized carbons (Fsp3) is 0.917. The molecule has 1 N–H and O–H groups in total. The van der Waals surface area contributed by atoms with Crippen LogP contribution in [0.25, 0.3) is 0 Å². The fourth-order valence-corrected chi connectivity index (χ4v) is 1.91. The lowest BCUT2D eigenvalue weighted by Crippen LogP contribution is -2.48. The van der Waals surface area contributed by atoms with Crippen molar-refractivity contribution in [3.8, 4) is 0 Å². The Kier molecular flexibility index (Phi) is 4.19. The zero-order chi connectivity index (χ0) is 12.3. The second-order valence-corrected chi connectivity index (χ2v) is 5.61. The summed E-state index contributed by atoms with van der Waals surface area (Å²) < 4.78 is 5.35. The van der Waals surface area contributed by atoms with Gasteiger partial charge in [-0.3, -0.25) is 0 Å². The van der Waals surface area contributed by atoms with Crippen LogP contribution in [0.5, 0.6) is 0 Å². The van der Waals surface area contributed by atoms with Gasteiger partial charge in [-0.2, -0.15) is 0 Å². The second kappa shape index (κ2) is 5.04. The van der Waals surface area contributed by atoms with E-state index in [4.69, 9.17) is 9.84 Å². The minimum absolute atomic E-state index is 0.145. The molecule has 1 saturated heterocycles. The van der Waals surface area contributed by atoms with Gasteiger partial charge in [-0.05, 0) is 46.5 Å². The van der Waals surface area contributed by atoms with Crippen molar-refractivity contribution in [3.05, 3.63) is 0 Å². The molecule has 0 saturated carbocycles. The molecule has 4 nitrogen and oxygen atoms in total. The fourth-order valence-electron chi connectivity index (χ4n) is 1.91. The summed E-state index contributed by atoms with van der Waals surface area (Å²) in [5.41, 5.74) is -0.455. The Hall–Kier alpha value is -0.770. The van der Waals surface area contributed by atoms with Crippen molar-refractivity contribution in [3.63, 3.8) is 0 Å². The number of hydrogen-bond acceptors (Lipinski definition) is 3. The van der Waals surface area contributed by atoms with Crippen LogP contribution in [-0.4, -0.2) is 40.9 Å². The smallest absolute Gasteiger partial charge is 0.410 e. The quantitative estimate of drug-likeness (QED) is 0.748. The highest BCUT2D eigenvalue weighted by molar-refractivity contribution is 5.68. The summed E-state index contributed by atoms with van der Waals surface area (Å²) in [5, 5.41) is 9.13. The topological polar surface area (TPSA) is 49.8 Å². The number of rotatable bonds is 1. The summed E-state index contributed by atoms with van der Waals surface area (Å²) in [7, 11) is 0. The highest BCUT2D eigenvalue weighted by Crippen LogP contribution is 2.23. The van der Waals surface area contributed by atoms with Crippen LogP contribution in [0.4, 0.5) is 4.79 Å². The van der Waals surface area contributed by atoms with E-state index in [1.54, 1.807) is 4.90 Å². The van der Waals surface area contributed by atoms with Gasteiger partial charge in [-0.1, -0.05) is 0 Å². The maximum atomic E-state index is 11.9. The van der Waals surface area contributed by atoms with Crippen LogP contribution in [-0.2, 0) is 4.74 Å². The molecule has 0 aromatic carbocycles. The molecule has 16 heavy (non-hydrogen) atoms. The molecule has 4 heteroatoms. The number of nitrogens with zero attached hydrogens (tertiary/aromatic N) is 1. The van der Waals surface area contributed by atoms with Crippen LogP contribution in [0.1, 0.15) is 40.5 Å². The number of amides is 1. The molecule has 0 radical (unpaired) electrons. The number of carbonyl (C=O) groups is 1. The average molecular weight is 229 g/mol. The number of piperidine rings is 1. The van der Waals surface area contributed by atoms with Crippen molar-refractivity contribution in [2.75, 3.05) is 13.2 Å². The third-order valence-corrected chi connectivity index (χ3v) is 2.87. The molecule has 1 heterocycles. The van der Waals surface area contributed by atoms with Crippen LogP contribution in [0, 0.1) is 5.92 Å². The molecule has 2 atom stereocenters. The van der Waals surface area contributed by atoms with Gasteiger partial charge < -0.3 is 14.7 Å². The number of aliphatic hydroxyl groups is 1. The van der Waals surface area contributed by atoms with E-state index in [0.717, 1.165) is 12.8 Å². The van der Waals surface area contributed by atoms with E-state index >= 15 is 0 Å². The molecule has 0 unspecified atom stereocenters. The number of aliphatic hydroxyl groups excluding tert-OH is 1. The number of carbonyl (C=O) groups excluding carboxylic acids is 1. The molecule has 1 aliphatic heterocycles. The van der Waals surface area contributed by atoms with Crippen LogP contribution >= 0.6 is 0 Å². The molecule has 0 aliphatic carbocycles. The first-order valence-electron chi connectivity index (χ1n) is 5.94. The molecule has 1 aliphatic rings.